The summed E-state index contributed by atoms with van der Waals surface area (Å²) >= 11 is 0. The molecule has 5 heteroatoms. The second-order valence-electron chi connectivity index (χ2n) is 2.87. The van der Waals surface area contributed by atoms with Crippen molar-refractivity contribution in [2.24, 2.45) is 11.5 Å². The van der Waals surface area contributed by atoms with E-state index in [2.05, 4.69) is 10.6 Å². The van der Waals surface area contributed by atoms with Crippen molar-refractivity contribution < 1.29 is 0 Å². The largest absolute Gasteiger partial charge is 0.357 e. The van der Waals surface area contributed by atoms with Crippen LogP contribution < -0.4 is 22.1 Å². The Morgan fingerprint density at radius 3 is 2.00 bits per heavy atom. The van der Waals surface area contributed by atoms with Gasteiger partial charge in [-0.1, -0.05) is 0 Å². The standard InChI is InChI=1S/C8H21N5/c9-4-1-2-6-12-8(11)13-7-3-5-10/h1-7,9-10H2,(H3,11,12,13). The van der Waals surface area contributed by atoms with Crippen molar-refractivity contribution >= 4 is 5.96 Å². The summed E-state index contributed by atoms with van der Waals surface area (Å²) in [6.07, 6.45) is 2.91. The van der Waals surface area contributed by atoms with Crippen LogP contribution in [0.2, 0.25) is 0 Å². The number of hydrogen-bond acceptors (Lipinski definition) is 3. The number of rotatable bonds is 7. The fourth-order valence-corrected chi connectivity index (χ4v) is 0.861. The van der Waals surface area contributed by atoms with E-state index >= 15 is 0 Å². The number of nitrogens with two attached hydrogens (primary N) is 2. The molecule has 0 heterocycles. The van der Waals surface area contributed by atoms with E-state index in [1.165, 1.54) is 0 Å². The first-order valence-corrected chi connectivity index (χ1v) is 4.77. The van der Waals surface area contributed by atoms with Crippen molar-refractivity contribution in [3.05, 3.63) is 0 Å². The summed E-state index contributed by atoms with van der Waals surface area (Å²) in [7, 11) is 0. The van der Waals surface area contributed by atoms with E-state index < -0.39 is 0 Å². The number of hydrogen-bond donors (Lipinski definition) is 5. The molecule has 7 N–H and O–H groups in total. The molecule has 0 aliphatic heterocycles. The minimum Gasteiger partial charge on any atom is -0.357 e. The third-order valence-corrected chi connectivity index (χ3v) is 1.62. The van der Waals surface area contributed by atoms with Crippen molar-refractivity contribution in [3.63, 3.8) is 0 Å². The zero-order valence-electron chi connectivity index (χ0n) is 8.10. The smallest absolute Gasteiger partial charge is 0.188 e. The highest BCUT2D eigenvalue weighted by Crippen LogP contribution is 1.81. The maximum absolute atomic E-state index is 7.41. The summed E-state index contributed by atoms with van der Waals surface area (Å²) in [6, 6.07) is 0. The van der Waals surface area contributed by atoms with Gasteiger partial charge >= 0.3 is 0 Å². The van der Waals surface area contributed by atoms with Crippen LogP contribution in [0, 0.1) is 5.41 Å². The monoisotopic (exact) mass is 187 g/mol. The van der Waals surface area contributed by atoms with E-state index in [4.69, 9.17) is 16.9 Å². The number of guanidine groups is 1. The lowest BCUT2D eigenvalue weighted by atomic mass is 10.3. The Morgan fingerprint density at radius 1 is 0.923 bits per heavy atom. The van der Waals surface area contributed by atoms with Gasteiger partial charge in [0, 0.05) is 13.1 Å². The maximum Gasteiger partial charge on any atom is 0.188 e. The van der Waals surface area contributed by atoms with Crippen molar-refractivity contribution in [2.75, 3.05) is 26.2 Å². The Balaban J connectivity index is 3.11. The zero-order valence-corrected chi connectivity index (χ0v) is 8.10. The lowest BCUT2D eigenvalue weighted by Crippen LogP contribution is -2.37. The zero-order chi connectivity index (χ0) is 9.94. The molecule has 0 saturated heterocycles. The van der Waals surface area contributed by atoms with E-state index in [0.717, 1.165) is 38.9 Å². The molecule has 0 bridgehead atoms. The molecule has 0 saturated carbocycles. The fourth-order valence-electron chi connectivity index (χ4n) is 0.861. The highest BCUT2D eigenvalue weighted by Gasteiger charge is 1.92. The summed E-state index contributed by atoms with van der Waals surface area (Å²) in [4.78, 5) is 0. The van der Waals surface area contributed by atoms with Crippen LogP contribution >= 0.6 is 0 Å². The Kier molecular flexibility index (Phi) is 8.70. The van der Waals surface area contributed by atoms with Crippen molar-refractivity contribution in [3.8, 4) is 0 Å². The van der Waals surface area contributed by atoms with E-state index in [-0.39, 0.29) is 0 Å². The quantitative estimate of drug-likeness (QED) is 0.204. The molecule has 0 aromatic heterocycles. The van der Waals surface area contributed by atoms with Gasteiger partial charge in [-0.25, -0.2) is 0 Å². The van der Waals surface area contributed by atoms with E-state index in [0.29, 0.717) is 12.5 Å². The van der Waals surface area contributed by atoms with Gasteiger partial charge in [-0.2, -0.15) is 0 Å². The molecule has 5 nitrogen and oxygen atoms in total. The highest BCUT2D eigenvalue weighted by molar-refractivity contribution is 5.76. The SMILES string of the molecule is N=C(NCCCN)NCCCCN. The van der Waals surface area contributed by atoms with Crippen LogP contribution in [-0.4, -0.2) is 32.1 Å². The molecule has 0 aliphatic rings. The Bertz CT molecular complexity index is 126. The first kappa shape index (κ1) is 12.2. The lowest BCUT2D eigenvalue weighted by molar-refractivity contribution is 0.692. The molecule has 0 unspecified atom stereocenters. The third kappa shape index (κ3) is 9.10. The van der Waals surface area contributed by atoms with E-state index in [1.807, 2.05) is 0 Å². The van der Waals surface area contributed by atoms with Gasteiger partial charge in [0.15, 0.2) is 5.96 Å². The molecule has 13 heavy (non-hydrogen) atoms. The van der Waals surface area contributed by atoms with Crippen LogP contribution in [0.3, 0.4) is 0 Å². The fraction of sp³-hybridized carbons (Fsp3) is 0.875. The molecule has 0 atom stereocenters. The maximum atomic E-state index is 7.41. The molecule has 0 fully saturated rings. The molecule has 0 aliphatic carbocycles. The van der Waals surface area contributed by atoms with E-state index in [9.17, 15) is 0 Å². The van der Waals surface area contributed by atoms with Crippen LogP contribution in [0.15, 0.2) is 0 Å². The lowest BCUT2D eigenvalue weighted by Gasteiger charge is -2.09. The Morgan fingerprint density at radius 2 is 1.46 bits per heavy atom. The molecule has 0 aromatic carbocycles. The summed E-state index contributed by atoms with van der Waals surface area (Å²) in [5.41, 5.74) is 10.6. The van der Waals surface area contributed by atoms with Gasteiger partial charge in [-0.15, -0.1) is 0 Å². The van der Waals surface area contributed by atoms with Crippen LogP contribution in [0.4, 0.5) is 0 Å². The average molecular weight is 187 g/mol. The van der Waals surface area contributed by atoms with Gasteiger partial charge in [0.05, 0.1) is 0 Å². The predicted molar refractivity (Wildman–Crippen MR) is 55.7 cm³/mol. The second-order valence-corrected chi connectivity index (χ2v) is 2.87. The van der Waals surface area contributed by atoms with Gasteiger partial charge in [-0.05, 0) is 32.4 Å². The summed E-state index contributed by atoms with van der Waals surface area (Å²) in [6.45, 7) is 2.95. The van der Waals surface area contributed by atoms with Gasteiger partial charge in [0.25, 0.3) is 0 Å². The van der Waals surface area contributed by atoms with Crippen molar-refractivity contribution in [1.82, 2.24) is 10.6 Å². The predicted octanol–water partition coefficient (Wildman–Crippen LogP) is -0.812. The van der Waals surface area contributed by atoms with Crippen LogP contribution in [0.25, 0.3) is 0 Å². The van der Waals surface area contributed by atoms with Crippen LogP contribution in [-0.2, 0) is 0 Å². The Labute approximate surface area is 79.8 Å². The van der Waals surface area contributed by atoms with Crippen molar-refractivity contribution in [1.29, 1.82) is 5.41 Å². The molecule has 78 valence electrons. The van der Waals surface area contributed by atoms with Gasteiger partial charge < -0.3 is 22.1 Å². The molecule has 0 radical (unpaired) electrons. The molecule has 0 spiro atoms. The minimum absolute atomic E-state index is 0.380. The van der Waals surface area contributed by atoms with E-state index in [1.54, 1.807) is 0 Å². The summed E-state index contributed by atoms with van der Waals surface area (Å²) < 4.78 is 0. The van der Waals surface area contributed by atoms with Crippen molar-refractivity contribution in [2.45, 2.75) is 19.3 Å². The summed E-state index contributed by atoms with van der Waals surface area (Å²) in [5, 5.41) is 13.3. The van der Waals surface area contributed by atoms with Crippen LogP contribution in [0.1, 0.15) is 19.3 Å². The Hall–Kier alpha value is -0.810. The minimum atomic E-state index is 0.380. The summed E-state index contributed by atoms with van der Waals surface area (Å²) in [5.74, 6) is 0.380. The molecular formula is C8H21N5. The second kappa shape index (κ2) is 9.28. The molecule has 0 amide bonds. The van der Waals surface area contributed by atoms with Crippen LogP contribution in [0.5, 0.6) is 0 Å². The third-order valence-electron chi connectivity index (χ3n) is 1.62. The van der Waals surface area contributed by atoms with Gasteiger partial charge in [0.1, 0.15) is 0 Å². The normalized spacial score (nSPS) is 9.69. The van der Waals surface area contributed by atoms with Gasteiger partial charge in [0.2, 0.25) is 0 Å². The van der Waals surface area contributed by atoms with Gasteiger partial charge in [-0.3, -0.25) is 5.41 Å². The molecular weight excluding hydrogens is 166 g/mol. The number of unbranched alkanes of at least 4 members (excludes halogenated alkanes) is 1. The first-order valence-electron chi connectivity index (χ1n) is 4.77. The first-order chi connectivity index (χ1) is 6.31. The number of nitrogens with one attached hydrogen (secondary N) is 3. The average Bonchev–Trinajstić information content (AvgIpc) is 2.13. The molecule has 0 rings (SSSR count). The molecule has 0 aromatic rings. The highest BCUT2D eigenvalue weighted by atomic mass is 15.1. The topological polar surface area (TPSA) is 100.0 Å².